The highest BCUT2D eigenvalue weighted by molar-refractivity contribution is 6.30. The second-order valence-electron chi connectivity index (χ2n) is 7.11. The Morgan fingerprint density at radius 2 is 2.13 bits per heavy atom. The van der Waals surface area contributed by atoms with Gasteiger partial charge in [0.05, 0.1) is 5.02 Å². The molecule has 0 saturated carbocycles. The predicted molar refractivity (Wildman–Crippen MR) is 114 cm³/mol. The summed E-state index contributed by atoms with van der Waals surface area (Å²) in [6.07, 6.45) is 4.43. The predicted octanol–water partition coefficient (Wildman–Crippen LogP) is 2.22. The lowest BCUT2D eigenvalue weighted by molar-refractivity contribution is 0.0731. The smallest absolute Gasteiger partial charge is 0.277 e. The van der Waals surface area contributed by atoms with Crippen LogP contribution in [0, 0.1) is 5.82 Å². The lowest BCUT2D eigenvalue weighted by Crippen LogP contribution is -2.53. The molecule has 0 saturated heterocycles. The van der Waals surface area contributed by atoms with Crippen LogP contribution in [0.25, 0.3) is 0 Å². The molecule has 0 spiro atoms. The van der Waals surface area contributed by atoms with Gasteiger partial charge in [0.25, 0.3) is 11.8 Å². The summed E-state index contributed by atoms with van der Waals surface area (Å²) in [4.78, 5) is 39.2. The molecule has 1 aromatic heterocycles. The molecule has 8 nitrogen and oxygen atoms in total. The number of halogens is 2. The Labute approximate surface area is 183 Å². The fraction of sp³-hybridized carbons (Fsp3) is 0.286. The van der Waals surface area contributed by atoms with E-state index in [0.717, 1.165) is 6.42 Å². The number of aromatic nitrogens is 1. The topological polar surface area (TPSA) is 94.9 Å². The van der Waals surface area contributed by atoms with E-state index in [1.807, 2.05) is 0 Å². The third-order valence-electron chi connectivity index (χ3n) is 4.93. The molecule has 2 N–H and O–H groups in total. The van der Waals surface area contributed by atoms with Crippen molar-refractivity contribution in [2.45, 2.75) is 19.4 Å². The number of carbonyl (C=O) groups excluding carboxylic acids is 2. The van der Waals surface area contributed by atoms with Crippen molar-refractivity contribution in [1.29, 1.82) is 0 Å². The molecule has 2 aromatic rings. The number of amides is 2. The van der Waals surface area contributed by atoms with Gasteiger partial charge >= 0.3 is 0 Å². The summed E-state index contributed by atoms with van der Waals surface area (Å²) in [5.74, 6) is -2.83. The number of nitrogens with one attached hydrogen (secondary N) is 1. The number of unbranched alkanes of at least 4 members (excludes halogenated alkanes) is 1. The van der Waals surface area contributed by atoms with Gasteiger partial charge in [-0.05, 0) is 18.9 Å². The first-order chi connectivity index (χ1) is 14.8. The highest BCUT2D eigenvalue weighted by Gasteiger charge is 2.32. The van der Waals surface area contributed by atoms with E-state index in [1.165, 1.54) is 34.0 Å². The molecule has 1 aliphatic rings. The number of pyridine rings is 1. The van der Waals surface area contributed by atoms with E-state index < -0.39 is 28.8 Å². The summed E-state index contributed by atoms with van der Waals surface area (Å²) in [6.45, 7) is 4.17. The third kappa shape index (κ3) is 4.41. The molecule has 0 atom stereocenters. The second-order valence-corrected chi connectivity index (χ2v) is 7.52. The Bertz CT molecular complexity index is 1100. The molecule has 1 aromatic carbocycles. The van der Waals surface area contributed by atoms with Crippen molar-refractivity contribution >= 4 is 23.4 Å². The number of allylic oxidation sites excluding steroid dienone is 1. The molecule has 164 valence electrons. The lowest BCUT2D eigenvalue weighted by atomic mass is 10.1. The standard InChI is InChI=1S/C21H22ClFN4O4/c1-3-4-5-9-26-12-25(2)21(31)17-19(29)18(28)14(11-27(17)26)20(30)24-10-13-7-6-8-15(22)16(13)23/h3,6-8,11,29H,1,4-5,9-10,12H2,2H3,(H,24,30). The van der Waals surface area contributed by atoms with Crippen molar-refractivity contribution in [3.05, 3.63) is 74.9 Å². The highest BCUT2D eigenvalue weighted by Crippen LogP contribution is 2.21. The van der Waals surface area contributed by atoms with E-state index in [-0.39, 0.29) is 35.1 Å². The zero-order chi connectivity index (χ0) is 22.7. The number of carbonyl (C=O) groups is 2. The van der Waals surface area contributed by atoms with Crippen LogP contribution in [0.4, 0.5) is 4.39 Å². The van der Waals surface area contributed by atoms with Crippen LogP contribution < -0.4 is 15.8 Å². The molecule has 0 unspecified atom stereocenters. The van der Waals surface area contributed by atoms with Crippen molar-refractivity contribution in [3.63, 3.8) is 0 Å². The Balaban J connectivity index is 1.93. The highest BCUT2D eigenvalue weighted by atomic mass is 35.5. The summed E-state index contributed by atoms with van der Waals surface area (Å²) in [5, 5.41) is 14.5. The molecule has 0 bridgehead atoms. The van der Waals surface area contributed by atoms with Crippen molar-refractivity contribution < 1.29 is 19.1 Å². The van der Waals surface area contributed by atoms with E-state index >= 15 is 0 Å². The molecule has 2 heterocycles. The van der Waals surface area contributed by atoms with Crippen LogP contribution in [0.3, 0.4) is 0 Å². The number of rotatable bonds is 7. The summed E-state index contributed by atoms with van der Waals surface area (Å²) in [6, 6.07) is 4.37. The maximum Gasteiger partial charge on any atom is 0.277 e. The summed E-state index contributed by atoms with van der Waals surface area (Å²) < 4.78 is 15.4. The SMILES string of the molecule is C=CCCCN1CN(C)C(=O)c2c(O)c(=O)c(C(=O)NCc3cccc(Cl)c3F)cn21. The van der Waals surface area contributed by atoms with Gasteiger partial charge in [0.1, 0.15) is 18.0 Å². The van der Waals surface area contributed by atoms with Crippen molar-refractivity contribution in [1.82, 2.24) is 14.9 Å². The monoisotopic (exact) mass is 448 g/mol. The van der Waals surface area contributed by atoms with Gasteiger partial charge < -0.3 is 15.3 Å². The number of hydrogen-bond acceptors (Lipinski definition) is 5. The second kappa shape index (κ2) is 9.22. The summed E-state index contributed by atoms with van der Waals surface area (Å²) >= 11 is 5.74. The minimum atomic E-state index is -0.981. The number of hydrogen-bond donors (Lipinski definition) is 2. The fourth-order valence-electron chi connectivity index (χ4n) is 3.28. The van der Waals surface area contributed by atoms with Crippen molar-refractivity contribution in [3.8, 4) is 5.75 Å². The maximum absolute atomic E-state index is 14.1. The minimum absolute atomic E-state index is 0.0870. The zero-order valence-corrected chi connectivity index (χ0v) is 17.7. The van der Waals surface area contributed by atoms with Gasteiger partial charge in [0.15, 0.2) is 11.4 Å². The van der Waals surface area contributed by atoms with E-state index in [2.05, 4.69) is 11.9 Å². The van der Waals surface area contributed by atoms with Gasteiger partial charge in [0, 0.05) is 31.9 Å². The molecular weight excluding hydrogens is 427 g/mol. The van der Waals surface area contributed by atoms with E-state index in [0.29, 0.717) is 13.0 Å². The van der Waals surface area contributed by atoms with Crippen LogP contribution >= 0.6 is 11.6 Å². The number of fused-ring (bicyclic) bond motifs is 1. The normalized spacial score (nSPS) is 13.2. The molecule has 1 aliphatic heterocycles. The summed E-state index contributed by atoms with van der Waals surface area (Å²) in [5.41, 5.74) is -1.42. The average molecular weight is 449 g/mol. The van der Waals surface area contributed by atoms with Gasteiger partial charge in [-0.3, -0.25) is 24.1 Å². The molecule has 0 aliphatic carbocycles. The molecule has 3 rings (SSSR count). The van der Waals surface area contributed by atoms with Gasteiger partial charge in [-0.25, -0.2) is 4.39 Å². The quantitative estimate of drug-likeness (QED) is 0.500. The molecule has 2 amide bonds. The Kier molecular flexibility index (Phi) is 6.65. The Morgan fingerprint density at radius 1 is 1.39 bits per heavy atom. The Hall–Kier alpha value is -3.33. The minimum Gasteiger partial charge on any atom is -0.502 e. The van der Waals surface area contributed by atoms with Gasteiger partial charge in [-0.15, -0.1) is 6.58 Å². The third-order valence-corrected chi connectivity index (χ3v) is 5.23. The van der Waals surface area contributed by atoms with Crippen molar-refractivity contribution in [2.24, 2.45) is 0 Å². The van der Waals surface area contributed by atoms with Gasteiger partial charge in [-0.2, -0.15) is 0 Å². The van der Waals surface area contributed by atoms with Crippen LogP contribution in [0.2, 0.25) is 5.02 Å². The van der Waals surface area contributed by atoms with Crippen LogP contribution in [0.5, 0.6) is 5.75 Å². The summed E-state index contributed by atoms with van der Waals surface area (Å²) in [7, 11) is 1.55. The van der Waals surface area contributed by atoms with Crippen LogP contribution in [0.15, 0.2) is 41.8 Å². The van der Waals surface area contributed by atoms with Crippen molar-refractivity contribution in [2.75, 3.05) is 25.3 Å². The largest absolute Gasteiger partial charge is 0.502 e. The fourth-order valence-corrected chi connectivity index (χ4v) is 3.48. The van der Waals surface area contributed by atoms with Gasteiger partial charge in [0.2, 0.25) is 5.43 Å². The average Bonchev–Trinajstić information content (AvgIpc) is 2.74. The van der Waals surface area contributed by atoms with Crippen LogP contribution in [-0.4, -0.2) is 46.8 Å². The van der Waals surface area contributed by atoms with E-state index in [4.69, 9.17) is 11.6 Å². The molecular formula is C21H22ClFN4O4. The molecule has 0 radical (unpaired) electrons. The van der Waals surface area contributed by atoms with Crippen LogP contribution in [0.1, 0.15) is 39.3 Å². The Morgan fingerprint density at radius 3 is 2.84 bits per heavy atom. The van der Waals surface area contributed by atoms with E-state index in [9.17, 15) is 23.9 Å². The van der Waals surface area contributed by atoms with E-state index in [1.54, 1.807) is 18.1 Å². The number of benzene rings is 1. The first-order valence-electron chi connectivity index (χ1n) is 9.57. The molecule has 0 fully saturated rings. The maximum atomic E-state index is 14.1. The zero-order valence-electron chi connectivity index (χ0n) is 16.9. The first-order valence-corrected chi connectivity index (χ1v) is 9.95. The molecule has 31 heavy (non-hydrogen) atoms. The van der Waals surface area contributed by atoms with Gasteiger partial charge in [-0.1, -0.05) is 29.8 Å². The lowest BCUT2D eigenvalue weighted by Gasteiger charge is -2.38. The first kappa shape index (κ1) is 22.4. The molecule has 10 heteroatoms. The number of nitrogens with zero attached hydrogens (tertiary/aromatic N) is 3. The number of aromatic hydroxyl groups is 1. The van der Waals surface area contributed by atoms with Crippen LogP contribution in [-0.2, 0) is 6.54 Å².